The van der Waals surface area contributed by atoms with Gasteiger partial charge >= 0.3 is 0 Å². The lowest BCUT2D eigenvalue weighted by Gasteiger charge is -2.16. The molecule has 0 amide bonds. The molecule has 0 aliphatic heterocycles. The summed E-state index contributed by atoms with van der Waals surface area (Å²) in [5.41, 5.74) is 2.00. The van der Waals surface area contributed by atoms with Crippen LogP contribution in [-0.2, 0) is 9.84 Å². The Morgan fingerprint density at radius 3 is 2.05 bits per heavy atom. The van der Waals surface area contributed by atoms with Gasteiger partial charge in [0.2, 0.25) is 0 Å². The fourth-order valence-corrected chi connectivity index (χ4v) is 3.73. The molecule has 1 aromatic carbocycles. The second-order valence-electron chi connectivity index (χ2n) is 5.64. The molecule has 0 saturated heterocycles. The van der Waals surface area contributed by atoms with Gasteiger partial charge in [0.25, 0.3) is 0 Å². The smallest absolute Gasteiger partial charge is 0.178 e. The number of aromatic nitrogens is 1. The number of hydrogen-bond acceptors (Lipinski definition) is 4. The molecule has 0 aliphatic carbocycles. The Morgan fingerprint density at radius 2 is 1.52 bits per heavy atom. The van der Waals surface area contributed by atoms with E-state index in [1.54, 1.807) is 24.5 Å². The lowest BCUT2D eigenvalue weighted by molar-refractivity contribution is 0.585. The first-order valence-corrected chi connectivity index (χ1v) is 8.83. The van der Waals surface area contributed by atoms with Crippen LogP contribution in [0.4, 0.5) is 0 Å². The number of rotatable bonds is 5. The van der Waals surface area contributed by atoms with Crippen LogP contribution in [0, 0.1) is 0 Å². The zero-order valence-electron chi connectivity index (χ0n) is 12.2. The number of sulfone groups is 1. The van der Waals surface area contributed by atoms with Gasteiger partial charge in [-0.15, -0.1) is 0 Å². The molecule has 1 aromatic heterocycles. The summed E-state index contributed by atoms with van der Waals surface area (Å²) in [6.45, 7) is 3.83. The molecule has 0 aliphatic rings. The predicted octanol–water partition coefficient (Wildman–Crippen LogP) is 3.62. The number of nitrogens with zero attached hydrogens (tertiary/aromatic N) is 1. The van der Waals surface area contributed by atoms with Gasteiger partial charge in [0.15, 0.2) is 9.84 Å². The van der Waals surface area contributed by atoms with Crippen LogP contribution in [0.15, 0.2) is 53.7 Å². The maximum absolute atomic E-state index is 12.3. The largest absolute Gasteiger partial charge is 0.265 e. The van der Waals surface area contributed by atoms with Crippen LogP contribution in [0.1, 0.15) is 20.3 Å². The summed E-state index contributed by atoms with van der Waals surface area (Å²) < 4.78 is 24.3. The highest BCUT2D eigenvalue weighted by atomic mass is 32.2. The van der Waals surface area contributed by atoms with E-state index in [1.807, 2.05) is 38.1 Å². The van der Waals surface area contributed by atoms with Crippen molar-refractivity contribution in [2.24, 2.45) is 0 Å². The Balaban J connectivity index is 2.19. The van der Waals surface area contributed by atoms with Gasteiger partial charge in [-0.05, 0) is 41.8 Å². The van der Waals surface area contributed by atoms with Crippen LogP contribution < -0.4 is 0 Å². The van der Waals surface area contributed by atoms with Gasteiger partial charge in [0.1, 0.15) is 0 Å². The zero-order chi connectivity index (χ0) is 15.5. The Bertz CT molecular complexity index is 687. The van der Waals surface area contributed by atoms with E-state index in [0.29, 0.717) is 11.3 Å². The normalized spacial score (nSPS) is 12.3. The maximum Gasteiger partial charge on any atom is 0.178 e. The zero-order valence-corrected chi connectivity index (χ0v) is 13.9. The van der Waals surface area contributed by atoms with Crippen molar-refractivity contribution in [3.63, 3.8) is 0 Å². The molecule has 5 heteroatoms. The van der Waals surface area contributed by atoms with Crippen LogP contribution in [0.3, 0.4) is 0 Å². The number of pyridine rings is 1. The lowest BCUT2D eigenvalue weighted by atomic mass is 10.1. The van der Waals surface area contributed by atoms with Crippen LogP contribution in [0.2, 0.25) is 0 Å². The van der Waals surface area contributed by atoms with Crippen LogP contribution >= 0.6 is 12.6 Å². The summed E-state index contributed by atoms with van der Waals surface area (Å²) in [5.74, 6) is 0.109. The summed E-state index contributed by atoms with van der Waals surface area (Å²) in [7, 11) is -3.25. The van der Waals surface area contributed by atoms with Crippen molar-refractivity contribution in [1.29, 1.82) is 0 Å². The van der Waals surface area contributed by atoms with Crippen molar-refractivity contribution in [1.82, 2.24) is 4.98 Å². The van der Waals surface area contributed by atoms with Crippen molar-refractivity contribution in [2.45, 2.75) is 29.9 Å². The van der Waals surface area contributed by atoms with E-state index in [9.17, 15) is 8.42 Å². The Morgan fingerprint density at radius 1 is 1.00 bits per heavy atom. The molecule has 0 N–H and O–H groups in total. The molecule has 0 fully saturated rings. The van der Waals surface area contributed by atoms with Crippen molar-refractivity contribution in [3.8, 4) is 11.1 Å². The van der Waals surface area contributed by atoms with Crippen LogP contribution in [0.25, 0.3) is 11.1 Å². The molecule has 0 unspecified atom stereocenters. The Labute approximate surface area is 131 Å². The fraction of sp³-hybridized carbons (Fsp3) is 0.312. The molecule has 21 heavy (non-hydrogen) atoms. The average Bonchev–Trinajstić information content (AvgIpc) is 2.46. The van der Waals surface area contributed by atoms with Gasteiger partial charge in [-0.3, -0.25) is 4.98 Å². The van der Waals surface area contributed by atoms with Crippen molar-refractivity contribution in [2.75, 3.05) is 5.75 Å². The van der Waals surface area contributed by atoms with Gasteiger partial charge in [-0.2, -0.15) is 12.6 Å². The first-order chi connectivity index (χ1) is 9.78. The van der Waals surface area contributed by atoms with Crippen molar-refractivity contribution >= 4 is 22.5 Å². The van der Waals surface area contributed by atoms with Crippen molar-refractivity contribution in [3.05, 3.63) is 48.8 Å². The molecular weight excluding hydrogens is 302 g/mol. The van der Waals surface area contributed by atoms with E-state index in [1.165, 1.54) is 0 Å². The van der Waals surface area contributed by atoms with Crippen LogP contribution in [0.5, 0.6) is 0 Å². The minimum atomic E-state index is -3.25. The molecule has 1 heterocycles. The third kappa shape index (κ3) is 4.58. The van der Waals surface area contributed by atoms with Gasteiger partial charge in [-0.1, -0.05) is 26.0 Å². The molecular formula is C16H19NO2S2. The summed E-state index contributed by atoms with van der Waals surface area (Å²) in [5, 5.41) is 0. The minimum Gasteiger partial charge on any atom is -0.265 e. The lowest BCUT2D eigenvalue weighted by Crippen LogP contribution is -2.17. The number of benzene rings is 1. The van der Waals surface area contributed by atoms with Crippen molar-refractivity contribution < 1.29 is 8.42 Å². The van der Waals surface area contributed by atoms with Gasteiger partial charge in [0, 0.05) is 17.1 Å². The standard InChI is InChI=1S/C16H19NO2S2/c1-16(2,20)9-12-21(18,19)15-5-3-13(4-6-15)14-7-10-17-11-8-14/h3-8,10-11,20H,9,12H2,1-2H3. The van der Waals surface area contributed by atoms with Gasteiger partial charge in [-0.25, -0.2) is 8.42 Å². The molecule has 112 valence electrons. The fourth-order valence-electron chi connectivity index (χ4n) is 1.90. The molecule has 0 spiro atoms. The maximum atomic E-state index is 12.3. The summed E-state index contributed by atoms with van der Waals surface area (Å²) in [6, 6.07) is 10.8. The van der Waals surface area contributed by atoms with E-state index in [0.717, 1.165) is 11.1 Å². The van der Waals surface area contributed by atoms with E-state index >= 15 is 0 Å². The third-order valence-corrected chi connectivity index (χ3v) is 5.17. The highest BCUT2D eigenvalue weighted by Gasteiger charge is 2.20. The van der Waals surface area contributed by atoms with Crippen LogP contribution in [-0.4, -0.2) is 23.9 Å². The van der Waals surface area contributed by atoms with Gasteiger partial charge < -0.3 is 0 Å². The molecule has 0 radical (unpaired) electrons. The SMILES string of the molecule is CC(C)(S)CCS(=O)(=O)c1ccc(-c2ccncc2)cc1. The van der Waals surface area contributed by atoms with E-state index < -0.39 is 9.84 Å². The third-order valence-electron chi connectivity index (χ3n) is 3.21. The molecule has 3 nitrogen and oxygen atoms in total. The Hall–Kier alpha value is -1.33. The highest BCUT2D eigenvalue weighted by Crippen LogP contribution is 2.23. The molecule has 2 rings (SSSR count). The molecule has 0 atom stereocenters. The topological polar surface area (TPSA) is 47.0 Å². The van der Waals surface area contributed by atoms with E-state index in [4.69, 9.17) is 0 Å². The first-order valence-electron chi connectivity index (χ1n) is 6.74. The van der Waals surface area contributed by atoms with E-state index in [2.05, 4.69) is 17.6 Å². The summed E-state index contributed by atoms with van der Waals surface area (Å²) in [6.07, 6.45) is 3.95. The second kappa shape index (κ2) is 6.20. The second-order valence-corrected chi connectivity index (χ2v) is 8.96. The molecule has 0 bridgehead atoms. The molecule has 0 saturated carbocycles. The highest BCUT2D eigenvalue weighted by molar-refractivity contribution is 7.91. The summed E-state index contributed by atoms with van der Waals surface area (Å²) >= 11 is 4.37. The molecule has 2 aromatic rings. The number of hydrogen-bond donors (Lipinski definition) is 1. The first kappa shape index (κ1) is 16.0. The monoisotopic (exact) mass is 321 g/mol. The predicted molar refractivity (Wildman–Crippen MR) is 89.4 cm³/mol. The average molecular weight is 321 g/mol. The van der Waals surface area contributed by atoms with Gasteiger partial charge in [0.05, 0.1) is 10.6 Å². The Kier molecular flexibility index (Phi) is 4.74. The van der Waals surface area contributed by atoms with E-state index in [-0.39, 0.29) is 10.5 Å². The minimum absolute atomic E-state index is 0.109. The summed E-state index contributed by atoms with van der Waals surface area (Å²) in [4.78, 5) is 4.33. The quantitative estimate of drug-likeness (QED) is 0.856. The number of thiol groups is 1.